The van der Waals surface area contributed by atoms with Crippen LogP contribution in [0.4, 0.5) is 0 Å². The second-order valence-electron chi connectivity index (χ2n) is 14.8. The lowest BCUT2D eigenvalue weighted by molar-refractivity contribution is 0.0538. The first-order chi connectivity index (χ1) is 20.3. The molecule has 0 radical (unpaired) electrons. The average Bonchev–Trinajstić information content (AvgIpc) is 3.43. The van der Waals surface area contributed by atoms with Crippen LogP contribution in [0.3, 0.4) is 0 Å². The summed E-state index contributed by atoms with van der Waals surface area (Å²) in [6.07, 6.45) is 8.24. The number of hydrogen-bond acceptors (Lipinski definition) is 5. The number of rotatable bonds is 7. The summed E-state index contributed by atoms with van der Waals surface area (Å²) >= 11 is 0. The molecule has 0 bridgehead atoms. The molecule has 0 unspecified atom stereocenters. The first-order valence-corrected chi connectivity index (χ1v) is 16.3. The van der Waals surface area contributed by atoms with Crippen molar-refractivity contribution in [3.8, 4) is 5.69 Å². The summed E-state index contributed by atoms with van der Waals surface area (Å²) in [4.78, 5) is 28.4. The summed E-state index contributed by atoms with van der Waals surface area (Å²) in [6, 6.07) is 8.38. The quantitative estimate of drug-likeness (QED) is 0.390. The molecule has 8 atom stereocenters. The van der Waals surface area contributed by atoms with Gasteiger partial charge in [-0.1, -0.05) is 51.0 Å². The highest BCUT2D eigenvalue weighted by molar-refractivity contribution is 5.37. The van der Waals surface area contributed by atoms with E-state index < -0.39 is 23.9 Å². The number of aliphatic hydroxyl groups is 3. The SMILES string of the molecule is CC1=C([C@H]2C=C3[C@@H](CC[C@]4(C)[C@@H]([C@H](C)CCCC(C)(C)O)CC[C@@H]34)n3c(=O)n(-c4ccccc4)c(=O)n32)C[C@@H](O)C[C@@H]1O. The molecule has 3 N–H and O–H groups in total. The summed E-state index contributed by atoms with van der Waals surface area (Å²) in [5.74, 6) is 1.38. The van der Waals surface area contributed by atoms with Crippen molar-refractivity contribution in [2.75, 3.05) is 0 Å². The highest BCUT2D eigenvalue weighted by atomic mass is 16.3. The third kappa shape index (κ3) is 5.13. The second kappa shape index (κ2) is 11.0. The summed E-state index contributed by atoms with van der Waals surface area (Å²) in [5, 5.41) is 31.8. The van der Waals surface area contributed by atoms with Gasteiger partial charge in [0.25, 0.3) is 0 Å². The Hall–Kier alpha value is -2.68. The van der Waals surface area contributed by atoms with Gasteiger partial charge in [0.05, 0.1) is 35.6 Å². The zero-order valence-corrected chi connectivity index (χ0v) is 26.4. The maximum atomic E-state index is 14.2. The van der Waals surface area contributed by atoms with Crippen LogP contribution >= 0.6 is 0 Å². The standard InChI is InChI=1S/C35H49N3O5/c1-21(10-9-16-34(3,4)43)27-13-14-28-26-20-30(25-18-24(39)19-31(40)22(25)2)38-33(42)36(23-11-7-6-8-12-23)32(41)37(38)29(26)15-17-35(27,28)5/h6-8,11-12,20-21,24,27-31,39-40,43H,9-10,13-19H2,1-5H3/t21-,24-,27-,28+,29-,30-,31+,35-/m1/s1. The summed E-state index contributed by atoms with van der Waals surface area (Å²) < 4.78 is 4.61. The van der Waals surface area contributed by atoms with Gasteiger partial charge in [0, 0.05) is 6.42 Å². The highest BCUT2D eigenvalue weighted by Gasteiger charge is 2.55. The van der Waals surface area contributed by atoms with Gasteiger partial charge in [-0.2, -0.15) is 0 Å². The van der Waals surface area contributed by atoms with Crippen LogP contribution in [0.25, 0.3) is 5.69 Å². The molecule has 234 valence electrons. The van der Waals surface area contributed by atoms with E-state index in [2.05, 4.69) is 19.9 Å². The van der Waals surface area contributed by atoms with E-state index in [1.54, 1.807) is 21.5 Å². The largest absolute Gasteiger partial charge is 0.393 e. The zero-order valence-electron chi connectivity index (χ0n) is 26.4. The highest BCUT2D eigenvalue weighted by Crippen LogP contribution is 2.62. The van der Waals surface area contributed by atoms with Crippen molar-refractivity contribution in [2.45, 2.75) is 122 Å². The van der Waals surface area contributed by atoms with E-state index in [1.165, 1.54) is 10.1 Å². The molecular weight excluding hydrogens is 542 g/mol. The number of para-hydroxylation sites is 1. The predicted molar refractivity (Wildman–Crippen MR) is 167 cm³/mol. The average molecular weight is 592 g/mol. The number of hydrogen-bond donors (Lipinski definition) is 3. The van der Waals surface area contributed by atoms with E-state index in [1.807, 2.05) is 39.0 Å². The number of nitrogens with zero attached hydrogens (tertiary/aromatic N) is 3. The van der Waals surface area contributed by atoms with Crippen molar-refractivity contribution in [2.24, 2.45) is 23.2 Å². The van der Waals surface area contributed by atoms with E-state index >= 15 is 0 Å². The van der Waals surface area contributed by atoms with Gasteiger partial charge >= 0.3 is 11.4 Å². The van der Waals surface area contributed by atoms with Gasteiger partial charge < -0.3 is 15.3 Å². The first-order valence-electron chi connectivity index (χ1n) is 16.3. The van der Waals surface area contributed by atoms with Gasteiger partial charge in [-0.25, -0.2) is 23.5 Å². The Balaban J connectivity index is 1.44. The van der Waals surface area contributed by atoms with Gasteiger partial charge in [0.1, 0.15) is 0 Å². The Morgan fingerprint density at radius 1 is 1.05 bits per heavy atom. The molecule has 2 heterocycles. The molecule has 0 spiro atoms. The molecule has 8 heteroatoms. The lowest BCUT2D eigenvalue weighted by atomic mass is 9.59. The molecule has 2 fully saturated rings. The number of aromatic nitrogens is 3. The second-order valence-corrected chi connectivity index (χ2v) is 14.8. The summed E-state index contributed by atoms with van der Waals surface area (Å²) in [7, 11) is 0. The van der Waals surface area contributed by atoms with Gasteiger partial charge in [0.15, 0.2) is 0 Å². The number of aliphatic hydroxyl groups excluding tert-OH is 2. The van der Waals surface area contributed by atoms with E-state index in [0.29, 0.717) is 29.9 Å². The Kier molecular flexibility index (Phi) is 7.79. The van der Waals surface area contributed by atoms with E-state index in [-0.39, 0.29) is 29.3 Å². The molecule has 1 aromatic heterocycles. The Morgan fingerprint density at radius 2 is 1.74 bits per heavy atom. The monoisotopic (exact) mass is 591 g/mol. The number of benzene rings is 1. The van der Waals surface area contributed by atoms with E-state index in [0.717, 1.165) is 56.1 Å². The number of allylic oxidation sites excluding steroid dienone is 2. The van der Waals surface area contributed by atoms with Gasteiger partial charge in [-0.05, 0) is 111 Å². The minimum absolute atomic E-state index is 0.0874. The lowest BCUT2D eigenvalue weighted by Crippen LogP contribution is -2.46. The van der Waals surface area contributed by atoms with Crippen LogP contribution in [-0.4, -0.2) is 47.1 Å². The van der Waals surface area contributed by atoms with Crippen LogP contribution in [0.5, 0.6) is 0 Å². The Labute approximate surface area is 254 Å². The molecule has 1 aliphatic heterocycles. The fourth-order valence-corrected chi connectivity index (χ4v) is 9.31. The lowest BCUT2D eigenvalue weighted by Gasteiger charge is -2.49. The van der Waals surface area contributed by atoms with Crippen LogP contribution in [-0.2, 0) is 0 Å². The van der Waals surface area contributed by atoms with Crippen molar-refractivity contribution in [3.05, 3.63) is 74.1 Å². The normalized spacial score (nSPS) is 33.1. The van der Waals surface area contributed by atoms with Crippen molar-refractivity contribution >= 4 is 0 Å². The molecule has 1 aromatic carbocycles. The van der Waals surface area contributed by atoms with Crippen molar-refractivity contribution in [1.29, 1.82) is 0 Å². The van der Waals surface area contributed by atoms with Gasteiger partial charge in [-0.15, -0.1) is 0 Å². The van der Waals surface area contributed by atoms with Crippen molar-refractivity contribution in [3.63, 3.8) is 0 Å². The molecule has 2 saturated carbocycles. The molecule has 3 aliphatic carbocycles. The third-order valence-corrected chi connectivity index (χ3v) is 11.5. The zero-order chi connectivity index (χ0) is 30.8. The van der Waals surface area contributed by atoms with Gasteiger partial charge in [-0.3, -0.25) is 0 Å². The van der Waals surface area contributed by atoms with Crippen molar-refractivity contribution < 1.29 is 15.3 Å². The fourth-order valence-electron chi connectivity index (χ4n) is 9.31. The molecule has 6 rings (SSSR count). The minimum Gasteiger partial charge on any atom is -0.393 e. The van der Waals surface area contributed by atoms with Crippen LogP contribution in [0.15, 0.2) is 62.7 Å². The maximum Gasteiger partial charge on any atom is 0.352 e. The maximum absolute atomic E-state index is 14.2. The Bertz CT molecular complexity index is 1540. The van der Waals surface area contributed by atoms with Crippen LogP contribution in [0.2, 0.25) is 0 Å². The fraction of sp³-hybridized carbons (Fsp3) is 0.657. The summed E-state index contributed by atoms with van der Waals surface area (Å²) in [5.41, 5.74) is 2.13. The third-order valence-electron chi connectivity index (χ3n) is 11.5. The molecule has 0 amide bonds. The predicted octanol–water partition coefficient (Wildman–Crippen LogP) is 5.06. The van der Waals surface area contributed by atoms with Crippen LogP contribution in [0, 0.1) is 23.2 Å². The topological polar surface area (TPSA) is 110 Å². The molecule has 4 aliphatic rings. The molecule has 0 saturated heterocycles. The van der Waals surface area contributed by atoms with Gasteiger partial charge in [0.2, 0.25) is 0 Å². The molecular formula is C35H49N3O5. The molecule has 8 nitrogen and oxygen atoms in total. The van der Waals surface area contributed by atoms with E-state index in [9.17, 15) is 24.9 Å². The smallest absolute Gasteiger partial charge is 0.352 e. The molecule has 43 heavy (non-hydrogen) atoms. The van der Waals surface area contributed by atoms with Crippen LogP contribution < -0.4 is 11.4 Å². The number of fused-ring (bicyclic) bond motifs is 5. The first kappa shape index (κ1) is 30.4. The van der Waals surface area contributed by atoms with Crippen molar-refractivity contribution in [1.82, 2.24) is 13.9 Å². The van der Waals surface area contributed by atoms with Crippen LogP contribution in [0.1, 0.15) is 104 Å². The minimum atomic E-state index is -0.779. The van der Waals surface area contributed by atoms with E-state index in [4.69, 9.17) is 0 Å². The Morgan fingerprint density at radius 3 is 2.44 bits per heavy atom. The summed E-state index contributed by atoms with van der Waals surface area (Å²) in [6.45, 7) is 10.5. The molecule has 2 aromatic rings.